The van der Waals surface area contributed by atoms with Crippen LogP contribution in [-0.4, -0.2) is 50.5 Å². The smallest absolute Gasteiger partial charge is 0.191 e. The van der Waals surface area contributed by atoms with Crippen molar-refractivity contribution in [3.63, 3.8) is 0 Å². The molecule has 0 radical (unpaired) electrons. The third-order valence-corrected chi connectivity index (χ3v) is 5.37. The lowest BCUT2D eigenvalue weighted by molar-refractivity contribution is 0.581. The summed E-state index contributed by atoms with van der Waals surface area (Å²) < 4.78 is 22.4. The molecule has 0 saturated carbocycles. The molecule has 9 heteroatoms. The summed E-state index contributed by atoms with van der Waals surface area (Å²) in [5.41, 5.74) is 0. The van der Waals surface area contributed by atoms with E-state index in [2.05, 4.69) is 27.5 Å². The number of thiazole rings is 1. The van der Waals surface area contributed by atoms with Gasteiger partial charge in [-0.3, -0.25) is 4.99 Å². The van der Waals surface area contributed by atoms with E-state index >= 15 is 0 Å². The number of hydrogen-bond acceptors (Lipinski definition) is 5. The van der Waals surface area contributed by atoms with E-state index in [9.17, 15) is 8.42 Å². The summed E-state index contributed by atoms with van der Waals surface area (Å²) in [4.78, 5) is 10.2. The maximum absolute atomic E-state index is 11.2. The number of halogens is 1. The fourth-order valence-electron chi connectivity index (χ4n) is 1.91. The molecule has 0 amide bonds. The zero-order valence-electron chi connectivity index (χ0n) is 14.8. The fraction of sp³-hybridized carbons (Fsp3) is 0.733. The molecular weight excluding hydrogens is 459 g/mol. The molecule has 1 heterocycles. The quantitative estimate of drug-likeness (QED) is 0.317. The molecule has 0 fully saturated rings. The molecule has 140 valence electrons. The highest BCUT2D eigenvalue weighted by molar-refractivity contribution is 14.0. The Labute approximate surface area is 166 Å². The molecule has 6 nitrogen and oxygen atoms in total. The highest BCUT2D eigenvalue weighted by atomic mass is 127. The van der Waals surface area contributed by atoms with Crippen LogP contribution in [0.25, 0.3) is 0 Å². The van der Waals surface area contributed by atoms with Gasteiger partial charge < -0.3 is 10.6 Å². The number of aromatic nitrogens is 1. The number of aliphatic imine (C=N–C) groups is 1. The van der Waals surface area contributed by atoms with Gasteiger partial charge in [-0.05, 0) is 26.7 Å². The van der Waals surface area contributed by atoms with Crippen molar-refractivity contribution in [1.29, 1.82) is 0 Å². The van der Waals surface area contributed by atoms with Gasteiger partial charge in [0, 0.05) is 42.9 Å². The predicted octanol–water partition coefficient (Wildman–Crippen LogP) is 2.24. The maximum atomic E-state index is 11.2. The number of aryl methyl sites for hydroxylation is 1. The van der Waals surface area contributed by atoms with E-state index in [-0.39, 0.29) is 35.8 Å². The van der Waals surface area contributed by atoms with E-state index < -0.39 is 9.84 Å². The molecule has 0 aliphatic heterocycles. The first kappa shape index (κ1) is 23.6. The van der Waals surface area contributed by atoms with E-state index in [0.29, 0.717) is 13.0 Å². The molecule has 1 atom stereocenters. The fourth-order valence-corrected chi connectivity index (χ4v) is 3.54. The van der Waals surface area contributed by atoms with Crippen LogP contribution >= 0.6 is 35.3 Å². The van der Waals surface area contributed by atoms with Crippen LogP contribution in [0.5, 0.6) is 0 Å². The molecule has 0 aliphatic carbocycles. The third-order valence-electron chi connectivity index (χ3n) is 3.19. The van der Waals surface area contributed by atoms with Crippen molar-refractivity contribution >= 4 is 51.1 Å². The van der Waals surface area contributed by atoms with Gasteiger partial charge in [0.25, 0.3) is 0 Å². The standard InChI is InChI=1S/C15H28N4O2S2.HI/c1-5-13-11-18-14(22-13)7-9-17-15(16-6-2)19-12(3)8-10-23(4,20)21;/h11-12H,5-10H2,1-4H3,(H2,16,17,19);1H. The molecule has 2 N–H and O–H groups in total. The van der Waals surface area contributed by atoms with Gasteiger partial charge in [0.1, 0.15) is 9.84 Å². The van der Waals surface area contributed by atoms with Gasteiger partial charge in [0.05, 0.1) is 10.8 Å². The summed E-state index contributed by atoms with van der Waals surface area (Å²) in [6, 6.07) is 0.0501. The first-order valence-corrected chi connectivity index (χ1v) is 10.9. The highest BCUT2D eigenvalue weighted by Crippen LogP contribution is 2.13. The third kappa shape index (κ3) is 10.4. The Morgan fingerprint density at radius 3 is 2.67 bits per heavy atom. The maximum Gasteiger partial charge on any atom is 0.191 e. The number of nitrogens with zero attached hydrogens (tertiary/aromatic N) is 2. The SMILES string of the molecule is CCNC(=NCCc1ncc(CC)s1)NC(C)CCS(C)(=O)=O.I. The summed E-state index contributed by atoms with van der Waals surface area (Å²) in [5, 5.41) is 7.54. The average molecular weight is 488 g/mol. The largest absolute Gasteiger partial charge is 0.357 e. The Bertz CT molecular complexity index is 602. The minimum absolute atomic E-state index is 0. The molecular formula is C15H29IN4O2S2. The Morgan fingerprint density at radius 1 is 1.42 bits per heavy atom. The van der Waals surface area contributed by atoms with Crippen molar-refractivity contribution in [3.8, 4) is 0 Å². The second kappa shape index (κ2) is 12.0. The van der Waals surface area contributed by atoms with E-state index in [1.54, 1.807) is 11.3 Å². The molecule has 0 aliphatic rings. The molecule has 0 saturated heterocycles. The zero-order chi connectivity index (χ0) is 17.3. The molecule has 1 rings (SSSR count). The van der Waals surface area contributed by atoms with Gasteiger partial charge in [0.15, 0.2) is 5.96 Å². The van der Waals surface area contributed by atoms with Gasteiger partial charge in [-0.15, -0.1) is 35.3 Å². The highest BCUT2D eigenvalue weighted by Gasteiger charge is 2.09. The van der Waals surface area contributed by atoms with Gasteiger partial charge >= 0.3 is 0 Å². The van der Waals surface area contributed by atoms with E-state index in [1.807, 2.05) is 20.0 Å². The summed E-state index contributed by atoms with van der Waals surface area (Å²) >= 11 is 1.73. The minimum atomic E-state index is -2.93. The summed E-state index contributed by atoms with van der Waals surface area (Å²) in [6.07, 6.45) is 5.59. The number of rotatable bonds is 9. The van der Waals surface area contributed by atoms with Crippen molar-refractivity contribution in [2.24, 2.45) is 4.99 Å². The molecule has 1 aromatic rings. The van der Waals surface area contributed by atoms with Gasteiger partial charge in [0.2, 0.25) is 0 Å². The van der Waals surface area contributed by atoms with Crippen molar-refractivity contribution in [1.82, 2.24) is 15.6 Å². The van der Waals surface area contributed by atoms with Crippen molar-refractivity contribution in [2.75, 3.05) is 25.1 Å². The van der Waals surface area contributed by atoms with Crippen LogP contribution in [0.3, 0.4) is 0 Å². The Kier molecular flexibility index (Phi) is 11.8. The van der Waals surface area contributed by atoms with Crippen molar-refractivity contribution in [3.05, 3.63) is 16.1 Å². The monoisotopic (exact) mass is 488 g/mol. The predicted molar refractivity (Wildman–Crippen MR) is 114 cm³/mol. The lowest BCUT2D eigenvalue weighted by Gasteiger charge is -2.17. The lowest BCUT2D eigenvalue weighted by Crippen LogP contribution is -2.43. The average Bonchev–Trinajstić information content (AvgIpc) is 2.92. The van der Waals surface area contributed by atoms with Crippen LogP contribution in [0.2, 0.25) is 0 Å². The summed E-state index contributed by atoms with van der Waals surface area (Å²) in [5.74, 6) is 0.903. The van der Waals surface area contributed by atoms with Gasteiger partial charge in [-0.25, -0.2) is 13.4 Å². The zero-order valence-corrected chi connectivity index (χ0v) is 18.8. The number of hydrogen-bond donors (Lipinski definition) is 2. The van der Waals surface area contributed by atoms with Crippen molar-refractivity contribution < 1.29 is 8.42 Å². The second-order valence-corrected chi connectivity index (χ2v) is 9.01. The minimum Gasteiger partial charge on any atom is -0.357 e. The molecule has 24 heavy (non-hydrogen) atoms. The van der Waals surface area contributed by atoms with E-state index in [4.69, 9.17) is 0 Å². The normalized spacial score (nSPS) is 13.2. The number of sulfone groups is 1. The molecule has 0 bridgehead atoms. The van der Waals surface area contributed by atoms with Crippen molar-refractivity contribution in [2.45, 2.75) is 46.1 Å². The molecule has 1 aromatic heterocycles. The van der Waals surface area contributed by atoms with Gasteiger partial charge in [-0.1, -0.05) is 6.92 Å². The van der Waals surface area contributed by atoms with E-state index in [1.165, 1.54) is 11.1 Å². The summed E-state index contributed by atoms with van der Waals surface area (Å²) in [6.45, 7) is 7.52. The van der Waals surface area contributed by atoms with Crippen LogP contribution in [0.4, 0.5) is 0 Å². The second-order valence-electron chi connectivity index (χ2n) is 5.55. The topological polar surface area (TPSA) is 83.4 Å². The van der Waals surface area contributed by atoms with Crippen LogP contribution in [0.1, 0.15) is 37.1 Å². The summed E-state index contributed by atoms with van der Waals surface area (Å²) in [7, 11) is -2.93. The number of guanidine groups is 1. The van der Waals surface area contributed by atoms with E-state index in [0.717, 1.165) is 30.4 Å². The molecule has 0 spiro atoms. The Morgan fingerprint density at radius 2 is 2.12 bits per heavy atom. The first-order chi connectivity index (χ1) is 10.8. The lowest BCUT2D eigenvalue weighted by atomic mass is 10.3. The molecule has 1 unspecified atom stereocenters. The Hall–Kier alpha value is -0.420. The van der Waals surface area contributed by atoms with Crippen LogP contribution < -0.4 is 10.6 Å². The van der Waals surface area contributed by atoms with Gasteiger partial charge in [-0.2, -0.15) is 0 Å². The Balaban J connectivity index is 0.00000529. The molecule has 0 aromatic carbocycles. The van der Waals surface area contributed by atoms with Crippen LogP contribution in [0.15, 0.2) is 11.2 Å². The number of nitrogens with one attached hydrogen (secondary N) is 2. The first-order valence-electron chi connectivity index (χ1n) is 8.00. The van der Waals surface area contributed by atoms with Crippen LogP contribution in [-0.2, 0) is 22.7 Å². The van der Waals surface area contributed by atoms with Crippen LogP contribution in [0, 0.1) is 0 Å².